The Morgan fingerprint density at radius 2 is 1.88 bits per heavy atom. The molecule has 0 aliphatic heterocycles. The van der Waals surface area contributed by atoms with E-state index in [1.165, 1.54) is 25.7 Å². The maximum Gasteiger partial charge on any atom is 0.0724 e. The molecule has 1 fully saturated rings. The van der Waals surface area contributed by atoms with Crippen molar-refractivity contribution in [3.05, 3.63) is 0 Å². The van der Waals surface area contributed by atoms with Gasteiger partial charge < -0.3 is 15.0 Å². The normalized spacial score (nSPS) is 27.4. The van der Waals surface area contributed by atoms with Gasteiger partial charge in [0.25, 0.3) is 0 Å². The zero-order valence-corrected chi connectivity index (χ0v) is 12.0. The van der Waals surface area contributed by atoms with Gasteiger partial charge in [-0.3, -0.25) is 0 Å². The molecular formula is C14H30N2O. The standard InChI is InChI=1S/C14H30N2O/c1-5-16(6-2)11-12(3)15-13-9-7-8-10-14(13)17-4/h12-15H,5-11H2,1-4H3. The van der Waals surface area contributed by atoms with Gasteiger partial charge in [-0.25, -0.2) is 0 Å². The van der Waals surface area contributed by atoms with Crippen molar-refractivity contribution in [1.29, 1.82) is 0 Å². The number of nitrogens with zero attached hydrogens (tertiary/aromatic N) is 1. The van der Waals surface area contributed by atoms with Crippen molar-refractivity contribution in [2.24, 2.45) is 0 Å². The van der Waals surface area contributed by atoms with Gasteiger partial charge in [-0.15, -0.1) is 0 Å². The monoisotopic (exact) mass is 242 g/mol. The van der Waals surface area contributed by atoms with Crippen LogP contribution in [-0.4, -0.2) is 49.8 Å². The molecule has 1 aliphatic rings. The molecule has 0 bridgehead atoms. The second-order valence-corrected chi connectivity index (χ2v) is 5.22. The number of hydrogen-bond acceptors (Lipinski definition) is 3. The van der Waals surface area contributed by atoms with Gasteiger partial charge in [-0.2, -0.15) is 0 Å². The van der Waals surface area contributed by atoms with E-state index in [1.54, 1.807) is 0 Å². The van der Waals surface area contributed by atoms with E-state index in [4.69, 9.17) is 4.74 Å². The van der Waals surface area contributed by atoms with Crippen molar-refractivity contribution in [2.45, 2.75) is 64.6 Å². The van der Waals surface area contributed by atoms with Crippen LogP contribution < -0.4 is 5.32 Å². The van der Waals surface area contributed by atoms with Crippen molar-refractivity contribution < 1.29 is 4.74 Å². The van der Waals surface area contributed by atoms with Gasteiger partial charge in [-0.1, -0.05) is 26.7 Å². The van der Waals surface area contributed by atoms with Gasteiger partial charge in [0.15, 0.2) is 0 Å². The second-order valence-electron chi connectivity index (χ2n) is 5.22. The van der Waals surface area contributed by atoms with E-state index in [1.807, 2.05) is 7.11 Å². The highest BCUT2D eigenvalue weighted by Gasteiger charge is 2.25. The lowest BCUT2D eigenvalue weighted by atomic mass is 9.92. The predicted molar refractivity (Wildman–Crippen MR) is 73.4 cm³/mol. The van der Waals surface area contributed by atoms with E-state index in [9.17, 15) is 0 Å². The molecule has 1 N–H and O–H groups in total. The Balaban J connectivity index is 2.35. The molecule has 3 unspecified atom stereocenters. The fraction of sp³-hybridized carbons (Fsp3) is 1.00. The number of hydrogen-bond donors (Lipinski definition) is 1. The molecule has 3 heteroatoms. The summed E-state index contributed by atoms with van der Waals surface area (Å²) in [6.45, 7) is 10.2. The fourth-order valence-corrected chi connectivity index (χ4v) is 2.86. The molecule has 0 spiro atoms. The van der Waals surface area contributed by atoms with Crippen LogP contribution in [0.5, 0.6) is 0 Å². The molecule has 1 aliphatic carbocycles. The van der Waals surface area contributed by atoms with Crippen molar-refractivity contribution in [2.75, 3.05) is 26.7 Å². The molecule has 1 saturated carbocycles. The molecule has 17 heavy (non-hydrogen) atoms. The highest BCUT2D eigenvalue weighted by Crippen LogP contribution is 2.21. The van der Waals surface area contributed by atoms with Crippen molar-refractivity contribution in [3.8, 4) is 0 Å². The average Bonchev–Trinajstić information content (AvgIpc) is 2.36. The molecule has 0 heterocycles. The minimum Gasteiger partial charge on any atom is -0.380 e. The molecular weight excluding hydrogens is 212 g/mol. The van der Waals surface area contributed by atoms with Gasteiger partial charge in [0, 0.05) is 25.7 Å². The van der Waals surface area contributed by atoms with Crippen LogP contribution in [0, 0.1) is 0 Å². The number of methoxy groups -OCH3 is 1. The molecule has 0 aromatic rings. The molecule has 1 rings (SSSR count). The van der Waals surface area contributed by atoms with Crippen molar-refractivity contribution >= 4 is 0 Å². The summed E-state index contributed by atoms with van der Waals surface area (Å²) in [5.74, 6) is 0. The third kappa shape index (κ3) is 4.94. The van der Waals surface area contributed by atoms with Crippen molar-refractivity contribution in [1.82, 2.24) is 10.2 Å². The fourth-order valence-electron chi connectivity index (χ4n) is 2.86. The first-order valence-corrected chi connectivity index (χ1v) is 7.22. The van der Waals surface area contributed by atoms with Crippen LogP contribution in [0.15, 0.2) is 0 Å². The number of nitrogens with one attached hydrogen (secondary N) is 1. The zero-order valence-electron chi connectivity index (χ0n) is 12.0. The first-order chi connectivity index (χ1) is 8.21. The molecule has 0 saturated heterocycles. The molecule has 0 aromatic carbocycles. The average molecular weight is 242 g/mol. The van der Waals surface area contributed by atoms with Gasteiger partial charge in [0.2, 0.25) is 0 Å². The Kier molecular flexibility index (Phi) is 7.09. The Bertz CT molecular complexity index is 195. The lowest BCUT2D eigenvalue weighted by Crippen LogP contribution is -2.50. The highest BCUT2D eigenvalue weighted by molar-refractivity contribution is 4.84. The van der Waals surface area contributed by atoms with E-state index in [0.717, 1.165) is 19.6 Å². The van der Waals surface area contributed by atoms with E-state index >= 15 is 0 Å². The van der Waals surface area contributed by atoms with E-state index < -0.39 is 0 Å². The molecule has 3 nitrogen and oxygen atoms in total. The largest absolute Gasteiger partial charge is 0.380 e. The summed E-state index contributed by atoms with van der Waals surface area (Å²) >= 11 is 0. The van der Waals surface area contributed by atoms with Crippen LogP contribution >= 0.6 is 0 Å². The van der Waals surface area contributed by atoms with Crippen LogP contribution in [0.25, 0.3) is 0 Å². The zero-order chi connectivity index (χ0) is 12.7. The molecule has 3 atom stereocenters. The minimum atomic E-state index is 0.419. The van der Waals surface area contributed by atoms with Crippen molar-refractivity contribution in [3.63, 3.8) is 0 Å². The Morgan fingerprint density at radius 1 is 1.24 bits per heavy atom. The predicted octanol–water partition coefficient (Wildman–Crippen LogP) is 2.26. The summed E-state index contributed by atoms with van der Waals surface area (Å²) in [4.78, 5) is 2.47. The van der Waals surface area contributed by atoms with E-state index in [0.29, 0.717) is 18.2 Å². The summed E-state index contributed by atoms with van der Waals surface area (Å²) in [7, 11) is 1.85. The summed E-state index contributed by atoms with van der Waals surface area (Å²) in [5.41, 5.74) is 0. The smallest absolute Gasteiger partial charge is 0.0724 e. The number of ether oxygens (including phenoxy) is 1. The topological polar surface area (TPSA) is 24.5 Å². The Hall–Kier alpha value is -0.120. The summed E-state index contributed by atoms with van der Waals surface area (Å²) in [5, 5.41) is 3.75. The Labute approximate surface area is 107 Å². The number of rotatable bonds is 7. The summed E-state index contributed by atoms with van der Waals surface area (Å²) in [6, 6.07) is 1.11. The number of likely N-dealkylation sites (N-methyl/N-ethyl adjacent to an activating group) is 1. The van der Waals surface area contributed by atoms with E-state index in [2.05, 4.69) is 31.0 Å². The highest BCUT2D eigenvalue weighted by atomic mass is 16.5. The molecule has 0 aromatic heterocycles. The maximum atomic E-state index is 5.59. The minimum absolute atomic E-state index is 0.419. The van der Waals surface area contributed by atoms with Crippen LogP contribution in [0.4, 0.5) is 0 Å². The van der Waals surface area contributed by atoms with Crippen LogP contribution in [0.1, 0.15) is 46.5 Å². The second kappa shape index (κ2) is 8.06. The first kappa shape index (κ1) is 14.9. The lowest BCUT2D eigenvalue weighted by Gasteiger charge is -2.34. The third-order valence-corrected chi connectivity index (χ3v) is 3.93. The first-order valence-electron chi connectivity index (χ1n) is 7.22. The molecule has 102 valence electrons. The molecule has 0 amide bonds. The van der Waals surface area contributed by atoms with Crippen LogP contribution in [0.2, 0.25) is 0 Å². The third-order valence-electron chi connectivity index (χ3n) is 3.93. The summed E-state index contributed by atoms with van der Waals surface area (Å²) in [6.07, 6.45) is 5.56. The Morgan fingerprint density at radius 3 is 2.47 bits per heavy atom. The van der Waals surface area contributed by atoms with Crippen LogP contribution in [-0.2, 0) is 4.74 Å². The van der Waals surface area contributed by atoms with Gasteiger partial charge >= 0.3 is 0 Å². The quantitative estimate of drug-likeness (QED) is 0.741. The van der Waals surface area contributed by atoms with E-state index in [-0.39, 0.29) is 0 Å². The van der Waals surface area contributed by atoms with Gasteiger partial charge in [-0.05, 0) is 32.9 Å². The van der Waals surface area contributed by atoms with Crippen LogP contribution in [0.3, 0.4) is 0 Å². The SMILES string of the molecule is CCN(CC)CC(C)NC1CCCCC1OC. The summed E-state index contributed by atoms with van der Waals surface area (Å²) < 4.78 is 5.59. The van der Waals surface area contributed by atoms with Gasteiger partial charge in [0.05, 0.1) is 6.10 Å². The van der Waals surface area contributed by atoms with Gasteiger partial charge in [0.1, 0.15) is 0 Å². The molecule has 0 radical (unpaired) electrons. The lowest BCUT2D eigenvalue weighted by molar-refractivity contribution is 0.0367. The maximum absolute atomic E-state index is 5.59.